The Morgan fingerprint density at radius 2 is 1.70 bits per heavy atom. The molecule has 0 aliphatic carbocycles. The van der Waals surface area contributed by atoms with Crippen LogP contribution in [-0.2, 0) is 0 Å². The molecule has 1 N–H and O–H groups in total. The number of aliphatic hydroxyl groups excluding tert-OH is 1. The van der Waals surface area contributed by atoms with Gasteiger partial charge in [-0.1, -0.05) is 25.3 Å². The zero-order valence-electron chi connectivity index (χ0n) is 6.16. The molecule has 0 saturated carbocycles. The van der Waals surface area contributed by atoms with Crippen molar-refractivity contribution < 1.29 is 5.11 Å². The maximum atomic E-state index is 8.88. The van der Waals surface area contributed by atoms with Gasteiger partial charge in [0, 0.05) is 0 Å². The van der Waals surface area contributed by atoms with E-state index in [-0.39, 0.29) is 6.35 Å². The standard InChI is InChI=1S/C7H13BOP/c1-3-5-10(8,7-9)6-4-2/h3-4,9H,1-2,5-7H2/q+1. The second kappa shape index (κ2) is 4.70. The lowest BCUT2D eigenvalue weighted by Gasteiger charge is -2.16. The molecule has 0 rings (SSSR count). The van der Waals surface area contributed by atoms with Crippen LogP contribution in [0.5, 0.6) is 0 Å². The second-order valence-electron chi connectivity index (χ2n) is 2.30. The monoisotopic (exact) mass is 155 g/mol. The third-order valence-electron chi connectivity index (χ3n) is 1.27. The topological polar surface area (TPSA) is 20.2 Å². The van der Waals surface area contributed by atoms with E-state index in [2.05, 4.69) is 13.2 Å². The summed E-state index contributed by atoms with van der Waals surface area (Å²) in [5, 5.41) is 8.88. The largest absolute Gasteiger partial charge is 0.368 e. The zero-order valence-corrected chi connectivity index (χ0v) is 7.06. The van der Waals surface area contributed by atoms with E-state index in [1.165, 1.54) is 0 Å². The highest BCUT2D eigenvalue weighted by molar-refractivity contribution is 7.97. The highest BCUT2D eigenvalue weighted by atomic mass is 31.2. The van der Waals surface area contributed by atoms with Crippen molar-refractivity contribution in [2.45, 2.75) is 0 Å². The molecular formula is C7H13BOP+. The maximum absolute atomic E-state index is 8.88. The fourth-order valence-electron chi connectivity index (χ4n) is 0.704. The Labute approximate surface area is 64.5 Å². The minimum atomic E-state index is -1.63. The highest BCUT2D eigenvalue weighted by Crippen LogP contribution is 2.52. The summed E-state index contributed by atoms with van der Waals surface area (Å²) in [7, 11) is 4.21. The SMILES string of the molecule is [B][P+](CO)(CC=C)CC=C. The average molecular weight is 155 g/mol. The van der Waals surface area contributed by atoms with Crippen LogP contribution in [0.4, 0.5) is 0 Å². The van der Waals surface area contributed by atoms with Gasteiger partial charge in [-0.05, 0) is 7.14 Å². The molecule has 0 fully saturated rings. The van der Waals surface area contributed by atoms with Crippen LogP contribution in [-0.4, -0.2) is 31.3 Å². The third-order valence-corrected chi connectivity index (χ3v) is 3.80. The van der Waals surface area contributed by atoms with Crippen molar-refractivity contribution in [2.75, 3.05) is 18.7 Å². The first-order chi connectivity index (χ1) is 4.68. The van der Waals surface area contributed by atoms with Crippen LogP contribution in [0, 0.1) is 0 Å². The number of hydrogen-bond donors (Lipinski definition) is 1. The Kier molecular flexibility index (Phi) is 4.67. The third kappa shape index (κ3) is 3.19. The first-order valence-electron chi connectivity index (χ1n) is 3.16. The van der Waals surface area contributed by atoms with Crippen LogP contribution in [0.3, 0.4) is 0 Å². The van der Waals surface area contributed by atoms with Gasteiger partial charge in [0.25, 0.3) is 0 Å². The van der Waals surface area contributed by atoms with E-state index in [0.29, 0.717) is 0 Å². The summed E-state index contributed by atoms with van der Waals surface area (Å²) in [6, 6.07) is 0. The van der Waals surface area contributed by atoms with E-state index in [4.69, 9.17) is 12.7 Å². The fraction of sp³-hybridized carbons (Fsp3) is 0.429. The average Bonchev–Trinajstić information content (AvgIpc) is 1.89. The van der Waals surface area contributed by atoms with Crippen LogP contribution in [0.1, 0.15) is 0 Å². The van der Waals surface area contributed by atoms with Gasteiger partial charge in [0.1, 0.15) is 6.35 Å². The van der Waals surface area contributed by atoms with Crippen molar-refractivity contribution in [2.24, 2.45) is 0 Å². The van der Waals surface area contributed by atoms with Crippen LogP contribution in [0.15, 0.2) is 25.3 Å². The molecule has 10 heavy (non-hydrogen) atoms. The van der Waals surface area contributed by atoms with Crippen molar-refractivity contribution >= 4 is 14.7 Å². The summed E-state index contributed by atoms with van der Waals surface area (Å²) in [4.78, 5) is 0. The summed E-state index contributed by atoms with van der Waals surface area (Å²) >= 11 is 0. The minimum Gasteiger partial charge on any atom is -0.363 e. The Bertz CT molecular complexity index is 115. The number of aliphatic hydroxyl groups is 1. The molecule has 0 heterocycles. The molecule has 0 aromatic carbocycles. The van der Waals surface area contributed by atoms with E-state index >= 15 is 0 Å². The zero-order chi connectivity index (χ0) is 8.04. The normalized spacial score (nSPS) is 10.9. The fourth-order valence-corrected chi connectivity index (χ4v) is 2.11. The van der Waals surface area contributed by atoms with E-state index in [1.807, 2.05) is 0 Å². The molecule has 3 heteroatoms. The lowest BCUT2D eigenvalue weighted by atomic mass is 10.7. The Morgan fingerprint density at radius 3 is 1.90 bits per heavy atom. The molecule has 1 nitrogen and oxygen atoms in total. The van der Waals surface area contributed by atoms with Crippen LogP contribution in [0.2, 0.25) is 0 Å². The van der Waals surface area contributed by atoms with Gasteiger partial charge in [0.2, 0.25) is 0 Å². The van der Waals surface area contributed by atoms with Crippen molar-refractivity contribution in [3.05, 3.63) is 25.3 Å². The van der Waals surface area contributed by atoms with Gasteiger partial charge < -0.3 is 5.11 Å². The minimum absolute atomic E-state index is 0.0883. The summed E-state index contributed by atoms with van der Waals surface area (Å²) in [6.07, 6.45) is 5.07. The lowest BCUT2D eigenvalue weighted by Crippen LogP contribution is -2.04. The van der Waals surface area contributed by atoms with E-state index in [9.17, 15) is 0 Å². The Balaban J connectivity index is 3.92. The highest BCUT2D eigenvalue weighted by Gasteiger charge is 2.26. The molecule has 0 aromatic heterocycles. The predicted molar refractivity (Wildman–Crippen MR) is 49.9 cm³/mol. The van der Waals surface area contributed by atoms with Crippen LogP contribution < -0.4 is 0 Å². The molecule has 0 unspecified atom stereocenters. The van der Waals surface area contributed by atoms with Crippen molar-refractivity contribution in [1.29, 1.82) is 0 Å². The second-order valence-corrected chi connectivity index (χ2v) is 5.75. The van der Waals surface area contributed by atoms with E-state index < -0.39 is 7.14 Å². The summed E-state index contributed by atoms with van der Waals surface area (Å²) < 4.78 is 0. The first-order valence-corrected chi connectivity index (χ1v) is 5.57. The van der Waals surface area contributed by atoms with Crippen molar-refractivity contribution in [3.63, 3.8) is 0 Å². The van der Waals surface area contributed by atoms with Gasteiger partial charge >= 0.3 is 7.57 Å². The lowest BCUT2D eigenvalue weighted by molar-refractivity contribution is 0.369. The molecule has 0 spiro atoms. The Hall–Kier alpha value is -0.0651. The van der Waals surface area contributed by atoms with Crippen LogP contribution >= 0.6 is 7.14 Å². The molecule has 54 valence electrons. The maximum Gasteiger partial charge on any atom is 0.368 e. The summed E-state index contributed by atoms with van der Waals surface area (Å²) in [5.74, 6) is 0. The Morgan fingerprint density at radius 1 is 1.30 bits per heavy atom. The van der Waals surface area contributed by atoms with E-state index in [1.54, 1.807) is 12.2 Å². The molecule has 0 bridgehead atoms. The number of rotatable bonds is 5. The quantitative estimate of drug-likeness (QED) is 0.361. The van der Waals surface area contributed by atoms with Gasteiger partial charge in [-0.25, -0.2) is 0 Å². The molecule has 0 aliphatic rings. The molecule has 0 atom stereocenters. The molecule has 0 aromatic rings. The van der Waals surface area contributed by atoms with Crippen molar-refractivity contribution in [3.8, 4) is 0 Å². The van der Waals surface area contributed by atoms with Gasteiger partial charge in [-0.3, -0.25) is 0 Å². The van der Waals surface area contributed by atoms with E-state index in [0.717, 1.165) is 12.3 Å². The molecule has 2 radical (unpaired) electrons. The summed E-state index contributed by atoms with van der Waals surface area (Å²) in [5.41, 5.74) is 0. The molecular weight excluding hydrogens is 142 g/mol. The molecule has 0 amide bonds. The first kappa shape index (κ1) is 9.93. The molecule has 0 aliphatic heterocycles. The predicted octanol–water partition coefficient (Wildman–Crippen LogP) is 1.41. The van der Waals surface area contributed by atoms with Crippen LogP contribution in [0.25, 0.3) is 0 Å². The van der Waals surface area contributed by atoms with Gasteiger partial charge in [0.15, 0.2) is 0 Å². The van der Waals surface area contributed by atoms with Crippen molar-refractivity contribution in [1.82, 2.24) is 0 Å². The number of hydrogen-bond acceptors (Lipinski definition) is 1. The summed E-state index contributed by atoms with van der Waals surface area (Å²) in [6.45, 7) is 7.16. The van der Waals surface area contributed by atoms with Gasteiger partial charge in [-0.2, -0.15) is 0 Å². The molecule has 0 saturated heterocycles. The van der Waals surface area contributed by atoms with Gasteiger partial charge in [0.05, 0.1) is 12.3 Å². The number of allylic oxidation sites excluding steroid dienone is 2. The van der Waals surface area contributed by atoms with Gasteiger partial charge in [-0.15, -0.1) is 0 Å². The smallest absolute Gasteiger partial charge is 0.363 e.